The quantitative estimate of drug-likeness (QED) is 0.0868. The average molecular weight is 379 g/mol. The van der Waals surface area contributed by atoms with Crippen molar-refractivity contribution < 1.29 is 9.53 Å². The van der Waals surface area contributed by atoms with Crippen molar-refractivity contribution in [3.8, 4) is 0 Å². The Morgan fingerprint density at radius 2 is 1.07 bits per heavy atom. The van der Waals surface area contributed by atoms with Crippen LogP contribution in [0.2, 0.25) is 0 Å². The normalized spacial score (nSPS) is 11.1. The zero-order valence-electron chi connectivity index (χ0n) is 18.2. The van der Waals surface area contributed by atoms with Crippen LogP contribution >= 0.6 is 0 Å². The number of unbranched alkanes of at least 4 members (excludes halogenated alkanes) is 16. The monoisotopic (exact) mass is 378 g/mol. The molecule has 0 aromatic rings. The lowest BCUT2D eigenvalue weighted by Gasteiger charge is -2.02. The summed E-state index contributed by atoms with van der Waals surface area (Å²) in [4.78, 5) is 10.9. The summed E-state index contributed by atoms with van der Waals surface area (Å²) in [5.74, 6) is -0.307. The van der Waals surface area contributed by atoms with Gasteiger partial charge in [-0.2, -0.15) is 0 Å². The SMILES string of the molecule is C=CC(=O)OCCCCCCC/C=C/CCCCCCCCCCCCC. The van der Waals surface area contributed by atoms with E-state index in [4.69, 9.17) is 4.74 Å². The van der Waals surface area contributed by atoms with Gasteiger partial charge < -0.3 is 4.74 Å². The molecule has 0 aliphatic rings. The van der Waals surface area contributed by atoms with Gasteiger partial charge in [0.05, 0.1) is 6.61 Å². The third kappa shape index (κ3) is 22.9. The fraction of sp³-hybridized carbons (Fsp3) is 0.800. The van der Waals surface area contributed by atoms with E-state index >= 15 is 0 Å². The van der Waals surface area contributed by atoms with Crippen molar-refractivity contribution >= 4 is 5.97 Å². The highest BCUT2D eigenvalue weighted by Gasteiger charge is 1.95. The molecule has 27 heavy (non-hydrogen) atoms. The Labute approximate surface area is 169 Å². The van der Waals surface area contributed by atoms with E-state index in [1.54, 1.807) is 0 Å². The molecular formula is C25H46O2. The maximum Gasteiger partial charge on any atom is 0.330 e. The summed E-state index contributed by atoms with van der Waals surface area (Å²) in [6.45, 7) is 6.20. The average Bonchev–Trinajstić information content (AvgIpc) is 2.68. The zero-order chi connectivity index (χ0) is 19.8. The second-order valence-electron chi connectivity index (χ2n) is 7.72. The Morgan fingerprint density at radius 3 is 1.52 bits per heavy atom. The van der Waals surface area contributed by atoms with E-state index in [9.17, 15) is 4.79 Å². The van der Waals surface area contributed by atoms with Gasteiger partial charge in [0.25, 0.3) is 0 Å². The van der Waals surface area contributed by atoms with Crippen molar-refractivity contribution in [3.63, 3.8) is 0 Å². The predicted molar refractivity (Wildman–Crippen MR) is 119 cm³/mol. The van der Waals surface area contributed by atoms with Crippen molar-refractivity contribution in [2.45, 2.75) is 122 Å². The summed E-state index contributed by atoms with van der Waals surface area (Å²) >= 11 is 0. The maximum atomic E-state index is 10.9. The zero-order valence-corrected chi connectivity index (χ0v) is 18.2. The summed E-state index contributed by atoms with van der Waals surface area (Å²) in [6.07, 6.45) is 29.9. The van der Waals surface area contributed by atoms with Gasteiger partial charge in [-0.25, -0.2) is 4.79 Å². The van der Waals surface area contributed by atoms with Gasteiger partial charge in [0.1, 0.15) is 0 Å². The number of hydrogen-bond acceptors (Lipinski definition) is 2. The van der Waals surface area contributed by atoms with Gasteiger partial charge in [-0.1, -0.05) is 109 Å². The van der Waals surface area contributed by atoms with E-state index < -0.39 is 0 Å². The number of carbonyl (C=O) groups excluding carboxylic acids is 1. The molecule has 0 aliphatic heterocycles. The van der Waals surface area contributed by atoms with E-state index in [0.717, 1.165) is 12.8 Å². The highest BCUT2D eigenvalue weighted by atomic mass is 16.5. The molecule has 2 heteroatoms. The Bertz CT molecular complexity index is 346. The van der Waals surface area contributed by atoms with Crippen molar-refractivity contribution in [2.75, 3.05) is 6.61 Å². The van der Waals surface area contributed by atoms with Crippen LogP contribution in [-0.4, -0.2) is 12.6 Å². The minimum Gasteiger partial charge on any atom is -0.463 e. The first kappa shape index (κ1) is 26.0. The third-order valence-corrected chi connectivity index (χ3v) is 5.07. The third-order valence-electron chi connectivity index (χ3n) is 5.07. The maximum absolute atomic E-state index is 10.9. The number of carbonyl (C=O) groups is 1. The lowest BCUT2D eigenvalue weighted by Crippen LogP contribution is -2.01. The van der Waals surface area contributed by atoms with Crippen LogP contribution in [-0.2, 0) is 9.53 Å². The first-order valence-corrected chi connectivity index (χ1v) is 11.8. The van der Waals surface area contributed by atoms with Gasteiger partial charge in [0.2, 0.25) is 0 Å². The number of allylic oxidation sites excluding steroid dienone is 2. The molecule has 158 valence electrons. The van der Waals surface area contributed by atoms with Crippen LogP contribution in [0.25, 0.3) is 0 Å². The molecule has 0 bridgehead atoms. The molecule has 0 aromatic heterocycles. The number of esters is 1. The lowest BCUT2D eigenvalue weighted by molar-refractivity contribution is -0.137. The van der Waals surface area contributed by atoms with Crippen molar-refractivity contribution in [3.05, 3.63) is 24.8 Å². The number of rotatable bonds is 21. The predicted octanol–water partition coefficient (Wildman–Crippen LogP) is 8.31. The second-order valence-corrected chi connectivity index (χ2v) is 7.72. The minimum atomic E-state index is -0.307. The van der Waals surface area contributed by atoms with E-state index in [-0.39, 0.29) is 5.97 Å². The first-order chi connectivity index (χ1) is 13.3. The van der Waals surface area contributed by atoms with Gasteiger partial charge >= 0.3 is 5.97 Å². The summed E-state index contributed by atoms with van der Waals surface area (Å²) < 4.78 is 4.96. The highest BCUT2D eigenvalue weighted by Crippen LogP contribution is 2.12. The summed E-state index contributed by atoms with van der Waals surface area (Å²) in [7, 11) is 0. The molecule has 0 N–H and O–H groups in total. The van der Waals surface area contributed by atoms with E-state index in [1.165, 1.54) is 109 Å². The molecule has 0 spiro atoms. The van der Waals surface area contributed by atoms with Crippen LogP contribution in [0.5, 0.6) is 0 Å². The Hall–Kier alpha value is -1.05. The first-order valence-electron chi connectivity index (χ1n) is 11.8. The van der Waals surface area contributed by atoms with Crippen molar-refractivity contribution in [1.29, 1.82) is 0 Å². The van der Waals surface area contributed by atoms with Gasteiger partial charge in [0.15, 0.2) is 0 Å². The van der Waals surface area contributed by atoms with Crippen LogP contribution in [0, 0.1) is 0 Å². The van der Waals surface area contributed by atoms with Crippen molar-refractivity contribution in [1.82, 2.24) is 0 Å². The molecule has 0 amide bonds. The van der Waals surface area contributed by atoms with Crippen LogP contribution in [0.3, 0.4) is 0 Å². The van der Waals surface area contributed by atoms with Crippen LogP contribution in [0.1, 0.15) is 122 Å². The minimum absolute atomic E-state index is 0.307. The fourth-order valence-corrected chi connectivity index (χ4v) is 3.29. The fourth-order valence-electron chi connectivity index (χ4n) is 3.29. The Kier molecular flexibility index (Phi) is 22.1. The van der Waals surface area contributed by atoms with E-state index in [2.05, 4.69) is 25.7 Å². The topological polar surface area (TPSA) is 26.3 Å². The molecule has 0 aliphatic carbocycles. The van der Waals surface area contributed by atoms with E-state index in [0.29, 0.717) is 6.61 Å². The van der Waals surface area contributed by atoms with Crippen molar-refractivity contribution in [2.24, 2.45) is 0 Å². The molecule has 0 rings (SSSR count). The molecule has 0 saturated heterocycles. The summed E-state index contributed by atoms with van der Waals surface area (Å²) in [5, 5.41) is 0. The largest absolute Gasteiger partial charge is 0.463 e. The molecule has 0 saturated carbocycles. The molecule has 0 fully saturated rings. The van der Waals surface area contributed by atoms with Crippen LogP contribution in [0.4, 0.5) is 0 Å². The summed E-state index contributed by atoms with van der Waals surface area (Å²) in [5.41, 5.74) is 0. The number of ether oxygens (including phenoxy) is 1. The van der Waals surface area contributed by atoms with Crippen LogP contribution in [0.15, 0.2) is 24.8 Å². The molecule has 0 radical (unpaired) electrons. The Morgan fingerprint density at radius 1 is 0.667 bits per heavy atom. The van der Waals surface area contributed by atoms with Crippen LogP contribution < -0.4 is 0 Å². The highest BCUT2D eigenvalue weighted by molar-refractivity contribution is 5.81. The van der Waals surface area contributed by atoms with Gasteiger partial charge in [-0.15, -0.1) is 0 Å². The smallest absolute Gasteiger partial charge is 0.330 e. The molecule has 0 atom stereocenters. The molecule has 2 nitrogen and oxygen atoms in total. The lowest BCUT2D eigenvalue weighted by atomic mass is 10.1. The van der Waals surface area contributed by atoms with Gasteiger partial charge in [-0.3, -0.25) is 0 Å². The van der Waals surface area contributed by atoms with E-state index in [1.807, 2.05) is 0 Å². The second kappa shape index (κ2) is 23.0. The molecule has 0 aromatic carbocycles. The summed E-state index contributed by atoms with van der Waals surface area (Å²) in [6, 6.07) is 0. The molecular weight excluding hydrogens is 332 g/mol. The van der Waals surface area contributed by atoms with Gasteiger partial charge in [-0.05, 0) is 32.1 Å². The number of hydrogen-bond donors (Lipinski definition) is 0. The van der Waals surface area contributed by atoms with Gasteiger partial charge in [0, 0.05) is 6.08 Å². The molecule has 0 heterocycles. The molecule has 0 unspecified atom stereocenters. The Balaban J connectivity index is 3.11. The standard InChI is InChI=1S/C25H46O2/c1-3-5-6-7-8-9-10-11-12-13-14-15-16-17-18-19-20-21-22-23-24-27-25(26)4-2/h4,16-17H,2-3,5-15,18-24H2,1H3/b17-16+.